The highest BCUT2D eigenvalue weighted by atomic mass is 35.5. The van der Waals surface area contributed by atoms with Gasteiger partial charge >= 0.3 is 0 Å². The first-order valence-corrected chi connectivity index (χ1v) is 8.18. The van der Waals surface area contributed by atoms with E-state index in [1.54, 1.807) is 29.4 Å². The van der Waals surface area contributed by atoms with Crippen LogP contribution in [0, 0.1) is 5.92 Å². The number of H-pyrrole nitrogens is 1. The van der Waals surface area contributed by atoms with Crippen LogP contribution in [0.3, 0.4) is 0 Å². The number of fused-ring (bicyclic) bond motifs is 1. The molecule has 0 unspecified atom stereocenters. The van der Waals surface area contributed by atoms with Crippen LogP contribution in [-0.4, -0.2) is 39.6 Å². The van der Waals surface area contributed by atoms with E-state index in [4.69, 9.17) is 11.6 Å². The molecule has 0 radical (unpaired) electrons. The van der Waals surface area contributed by atoms with Crippen LogP contribution in [-0.2, 0) is 0 Å². The van der Waals surface area contributed by atoms with Crippen molar-refractivity contribution in [1.29, 1.82) is 0 Å². The standard InChI is InChI=1S/C18H19ClN4O/c1-11(2)10-23(3)18(24)15-7-16(12-8-20-21-9-12)22-17-6-13(19)4-5-14(15)17/h4-9,11H,10H2,1-3H3,(H,20,21). The molecule has 24 heavy (non-hydrogen) atoms. The molecule has 2 heterocycles. The van der Waals surface area contributed by atoms with Crippen molar-refractivity contribution in [2.75, 3.05) is 13.6 Å². The van der Waals surface area contributed by atoms with Crippen LogP contribution in [0.15, 0.2) is 36.7 Å². The van der Waals surface area contributed by atoms with Crippen molar-refractivity contribution in [3.05, 3.63) is 47.2 Å². The maximum Gasteiger partial charge on any atom is 0.254 e. The number of pyridine rings is 1. The molecule has 0 saturated heterocycles. The van der Waals surface area contributed by atoms with Crippen molar-refractivity contribution in [2.45, 2.75) is 13.8 Å². The lowest BCUT2D eigenvalue weighted by molar-refractivity contribution is 0.0781. The molecule has 2 aromatic heterocycles. The summed E-state index contributed by atoms with van der Waals surface area (Å²) in [7, 11) is 1.82. The van der Waals surface area contributed by atoms with Gasteiger partial charge in [-0.3, -0.25) is 9.89 Å². The summed E-state index contributed by atoms with van der Waals surface area (Å²) in [6.07, 6.45) is 3.44. The molecule has 1 N–H and O–H groups in total. The lowest BCUT2D eigenvalue weighted by Crippen LogP contribution is -2.30. The van der Waals surface area contributed by atoms with E-state index < -0.39 is 0 Å². The molecule has 0 spiro atoms. The Balaban J connectivity index is 2.16. The third-order valence-corrected chi connectivity index (χ3v) is 4.02. The van der Waals surface area contributed by atoms with E-state index in [-0.39, 0.29) is 5.91 Å². The minimum Gasteiger partial charge on any atom is -0.341 e. The second-order valence-electron chi connectivity index (χ2n) is 6.28. The summed E-state index contributed by atoms with van der Waals surface area (Å²) in [5.74, 6) is 0.373. The molecule has 0 atom stereocenters. The number of nitrogens with one attached hydrogen (secondary N) is 1. The highest BCUT2D eigenvalue weighted by Crippen LogP contribution is 2.27. The average Bonchev–Trinajstić information content (AvgIpc) is 3.06. The zero-order valence-electron chi connectivity index (χ0n) is 13.9. The Morgan fingerprint density at radius 1 is 1.33 bits per heavy atom. The van der Waals surface area contributed by atoms with Crippen LogP contribution in [0.5, 0.6) is 0 Å². The molecule has 0 aliphatic carbocycles. The van der Waals surface area contributed by atoms with E-state index >= 15 is 0 Å². The first kappa shape index (κ1) is 16.5. The van der Waals surface area contributed by atoms with Gasteiger partial charge in [-0.2, -0.15) is 5.10 Å². The number of nitrogens with zero attached hydrogens (tertiary/aromatic N) is 3. The fourth-order valence-electron chi connectivity index (χ4n) is 2.75. The molecule has 0 fully saturated rings. The predicted octanol–water partition coefficient (Wildman–Crippen LogP) is 4.01. The summed E-state index contributed by atoms with van der Waals surface area (Å²) in [6, 6.07) is 7.22. The molecule has 6 heteroatoms. The van der Waals surface area contributed by atoms with Gasteiger partial charge in [-0.1, -0.05) is 31.5 Å². The van der Waals surface area contributed by atoms with E-state index in [2.05, 4.69) is 29.0 Å². The SMILES string of the molecule is CC(C)CN(C)C(=O)c1cc(-c2cn[nH]c2)nc2cc(Cl)ccc12. The van der Waals surface area contributed by atoms with Crippen molar-refractivity contribution in [3.63, 3.8) is 0 Å². The van der Waals surface area contributed by atoms with Crippen LogP contribution in [0.2, 0.25) is 5.02 Å². The molecular weight excluding hydrogens is 324 g/mol. The number of aromatic nitrogens is 3. The lowest BCUT2D eigenvalue weighted by Gasteiger charge is -2.20. The molecule has 1 aromatic carbocycles. The summed E-state index contributed by atoms with van der Waals surface area (Å²) in [6.45, 7) is 4.87. The molecule has 3 rings (SSSR count). The van der Waals surface area contributed by atoms with Gasteiger partial charge in [-0.25, -0.2) is 4.98 Å². The first-order chi connectivity index (χ1) is 11.5. The van der Waals surface area contributed by atoms with Crippen LogP contribution in [0.1, 0.15) is 24.2 Å². The van der Waals surface area contributed by atoms with Crippen molar-refractivity contribution < 1.29 is 4.79 Å². The van der Waals surface area contributed by atoms with E-state index in [0.29, 0.717) is 34.3 Å². The van der Waals surface area contributed by atoms with Gasteiger partial charge in [0.15, 0.2) is 0 Å². The van der Waals surface area contributed by atoms with Crippen molar-refractivity contribution in [1.82, 2.24) is 20.1 Å². The zero-order valence-corrected chi connectivity index (χ0v) is 14.6. The molecule has 5 nitrogen and oxygen atoms in total. The second-order valence-corrected chi connectivity index (χ2v) is 6.72. The topological polar surface area (TPSA) is 61.9 Å². The normalized spacial score (nSPS) is 11.2. The average molecular weight is 343 g/mol. The van der Waals surface area contributed by atoms with E-state index in [9.17, 15) is 4.79 Å². The van der Waals surface area contributed by atoms with E-state index in [1.165, 1.54) is 0 Å². The molecule has 124 valence electrons. The number of hydrogen-bond acceptors (Lipinski definition) is 3. The smallest absolute Gasteiger partial charge is 0.254 e. The first-order valence-electron chi connectivity index (χ1n) is 7.80. The fourth-order valence-corrected chi connectivity index (χ4v) is 2.92. The number of aromatic amines is 1. The van der Waals surface area contributed by atoms with Crippen LogP contribution in [0.25, 0.3) is 22.2 Å². The maximum absolute atomic E-state index is 12.9. The Bertz CT molecular complexity index is 874. The van der Waals surface area contributed by atoms with Gasteiger partial charge in [-0.05, 0) is 24.1 Å². The number of amides is 1. The Hall–Kier alpha value is -2.40. The highest BCUT2D eigenvalue weighted by molar-refractivity contribution is 6.31. The number of carbonyl (C=O) groups is 1. The van der Waals surface area contributed by atoms with Crippen molar-refractivity contribution in [2.24, 2.45) is 5.92 Å². The summed E-state index contributed by atoms with van der Waals surface area (Å²) >= 11 is 6.11. The van der Waals surface area contributed by atoms with Gasteiger partial charge in [0.05, 0.1) is 23.0 Å². The molecule has 0 aliphatic rings. The molecular formula is C18H19ClN4O. The van der Waals surface area contributed by atoms with Gasteiger partial charge in [0.2, 0.25) is 0 Å². The molecule has 0 saturated carbocycles. The minimum atomic E-state index is -0.0248. The van der Waals surface area contributed by atoms with Crippen LogP contribution < -0.4 is 0 Å². The summed E-state index contributed by atoms with van der Waals surface area (Å²) < 4.78 is 0. The van der Waals surface area contributed by atoms with Crippen LogP contribution in [0.4, 0.5) is 0 Å². The molecule has 3 aromatic rings. The summed E-state index contributed by atoms with van der Waals surface area (Å²) in [5.41, 5.74) is 2.84. The Morgan fingerprint density at radius 2 is 2.12 bits per heavy atom. The monoisotopic (exact) mass is 342 g/mol. The van der Waals surface area contributed by atoms with E-state index in [0.717, 1.165) is 10.9 Å². The number of hydrogen-bond donors (Lipinski definition) is 1. The van der Waals surface area contributed by atoms with Crippen LogP contribution >= 0.6 is 11.6 Å². The minimum absolute atomic E-state index is 0.0248. The molecule has 0 bridgehead atoms. The largest absolute Gasteiger partial charge is 0.341 e. The zero-order chi connectivity index (χ0) is 17.3. The number of benzene rings is 1. The fraction of sp³-hybridized carbons (Fsp3) is 0.278. The Labute approximate surface area is 145 Å². The number of rotatable bonds is 4. The van der Waals surface area contributed by atoms with Gasteiger partial charge in [-0.15, -0.1) is 0 Å². The summed E-state index contributed by atoms with van der Waals surface area (Å²) in [5, 5.41) is 8.12. The number of halogens is 1. The van der Waals surface area contributed by atoms with Gasteiger partial charge in [0.1, 0.15) is 0 Å². The number of carbonyl (C=O) groups excluding carboxylic acids is 1. The van der Waals surface area contributed by atoms with Crippen molar-refractivity contribution >= 4 is 28.4 Å². The molecule has 0 aliphatic heterocycles. The van der Waals surface area contributed by atoms with Crippen molar-refractivity contribution in [3.8, 4) is 11.3 Å². The quantitative estimate of drug-likeness (QED) is 0.779. The third kappa shape index (κ3) is 3.26. The van der Waals surface area contributed by atoms with Gasteiger partial charge in [0, 0.05) is 35.8 Å². The third-order valence-electron chi connectivity index (χ3n) is 3.78. The van der Waals surface area contributed by atoms with Gasteiger partial charge < -0.3 is 4.90 Å². The van der Waals surface area contributed by atoms with E-state index in [1.807, 2.05) is 19.2 Å². The lowest BCUT2D eigenvalue weighted by atomic mass is 10.0. The highest BCUT2D eigenvalue weighted by Gasteiger charge is 2.18. The summed E-state index contributed by atoms with van der Waals surface area (Å²) in [4.78, 5) is 19.3. The Morgan fingerprint density at radius 3 is 2.79 bits per heavy atom. The second kappa shape index (κ2) is 6.61. The molecule has 1 amide bonds. The van der Waals surface area contributed by atoms with Gasteiger partial charge in [0.25, 0.3) is 5.91 Å². The maximum atomic E-state index is 12.9. The predicted molar refractivity (Wildman–Crippen MR) is 96.1 cm³/mol. The Kier molecular flexibility index (Phi) is 4.53.